The predicted octanol–water partition coefficient (Wildman–Crippen LogP) is 2.76. The van der Waals surface area contributed by atoms with Crippen LogP contribution in [0.15, 0.2) is 41.8 Å². The van der Waals surface area contributed by atoms with Crippen LogP contribution in [-0.2, 0) is 0 Å². The minimum atomic E-state index is 0.111. The van der Waals surface area contributed by atoms with Gasteiger partial charge >= 0.3 is 0 Å². The summed E-state index contributed by atoms with van der Waals surface area (Å²) in [6, 6.07) is 14.0. The van der Waals surface area contributed by atoms with Crippen molar-refractivity contribution in [2.45, 2.75) is 6.04 Å². The lowest BCUT2D eigenvalue weighted by atomic mass is 10.1. The number of thiophene rings is 1. The number of nitrogens with zero attached hydrogens (tertiary/aromatic N) is 2. The van der Waals surface area contributed by atoms with E-state index in [1.54, 1.807) is 11.3 Å². The van der Waals surface area contributed by atoms with E-state index in [2.05, 4.69) is 17.0 Å². The molecule has 0 aliphatic heterocycles. The first-order valence-electron chi connectivity index (χ1n) is 5.73. The summed E-state index contributed by atoms with van der Waals surface area (Å²) in [7, 11) is 1.98. The molecule has 0 fully saturated rings. The Hall–Kier alpha value is -1.83. The van der Waals surface area contributed by atoms with Gasteiger partial charge in [-0.05, 0) is 23.6 Å². The number of hydrogen-bond acceptors (Lipinski definition) is 4. The van der Waals surface area contributed by atoms with Crippen LogP contribution in [0.1, 0.15) is 16.5 Å². The van der Waals surface area contributed by atoms with Gasteiger partial charge in [-0.2, -0.15) is 5.26 Å². The summed E-state index contributed by atoms with van der Waals surface area (Å²) >= 11 is 1.69. The number of nitrogens with two attached hydrogens (primary N) is 1. The van der Waals surface area contributed by atoms with Gasteiger partial charge in [0.25, 0.3) is 0 Å². The molecule has 0 radical (unpaired) electrons. The molecule has 2 rings (SSSR count). The Kier molecular flexibility index (Phi) is 3.98. The predicted molar refractivity (Wildman–Crippen MR) is 75.7 cm³/mol. The van der Waals surface area contributed by atoms with E-state index in [4.69, 9.17) is 11.0 Å². The van der Waals surface area contributed by atoms with Crippen molar-refractivity contribution in [3.05, 3.63) is 52.2 Å². The van der Waals surface area contributed by atoms with E-state index >= 15 is 0 Å². The van der Waals surface area contributed by atoms with Gasteiger partial charge in [-0.25, -0.2) is 0 Å². The monoisotopic (exact) mass is 257 g/mol. The maximum Gasteiger partial charge on any atom is 0.101 e. The number of likely N-dealkylation sites (N-methyl/N-ethyl adjacent to an activating group) is 1. The molecule has 4 heteroatoms. The lowest BCUT2D eigenvalue weighted by molar-refractivity contribution is 0.692. The normalized spacial score (nSPS) is 11.8. The van der Waals surface area contributed by atoms with Crippen molar-refractivity contribution in [2.24, 2.45) is 5.73 Å². The summed E-state index contributed by atoms with van der Waals surface area (Å²) in [5, 5.41) is 11.2. The lowest BCUT2D eigenvalue weighted by Crippen LogP contribution is -2.30. The molecule has 92 valence electrons. The fraction of sp³-hybridized carbons (Fsp3) is 0.214. The van der Waals surface area contributed by atoms with Crippen molar-refractivity contribution in [2.75, 3.05) is 18.5 Å². The molecule has 2 N–H and O–H groups in total. The van der Waals surface area contributed by atoms with E-state index in [0.29, 0.717) is 12.1 Å². The van der Waals surface area contributed by atoms with E-state index < -0.39 is 0 Å². The molecule has 0 bridgehead atoms. The molecule has 0 amide bonds. The maximum atomic E-state index is 9.15. The number of para-hydroxylation sites is 1. The number of anilines is 1. The van der Waals surface area contributed by atoms with Crippen LogP contribution < -0.4 is 10.6 Å². The van der Waals surface area contributed by atoms with Crippen LogP contribution in [-0.4, -0.2) is 13.6 Å². The molecule has 0 saturated heterocycles. The summed E-state index contributed by atoms with van der Waals surface area (Å²) in [6.07, 6.45) is 0. The van der Waals surface area contributed by atoms with E-state index in [1.807, 2.05) is 42.8 Å². The van der Waals surface area contributed by atoms with Crippen molar-refractivity contribution in [3.63, 3.8) is 0 Å². The molecular formula is C14H15N3S. The van der Waals surface area contributed by atoms with E-state index in [0.717, 1.165) is 5.69 Å². The van der Waals surface area contributed by atoms with Crippen molar-refractivity contribution in [3.8, 4) is 6.07 Å². The summed E-state index contributed by atoms with van der Waals surface area (Å²) in [6.45, 7) is 0.525. The Morgan fingerprint density at radius 2 is 2.11 bits per heavy atom. The summed E-state index contributed by atoms with van der Waals surface area (Å²) < 4.78 is 0. The molecule has 1 atom stereocenters. The Morgan fingerprint density at radius 1 is 1.33 bits per heavy atom. The average molecular weight is 257 g/mol. The smallest absolute Gasteiger partial charge is 0.101 e. The number of benzene rings is 1. The molecule has 0 saturated carbocycles. The second kappa shape index (κ2) is 5.67. The fourth-order valence-electron chi connectivity index (χ4n) is 1.99. The second-order valence-corrected chi connectivity index (χ2v) is 4.99. The third kappa shape index (κ3) is 2.37. The molecule has 1 unspecified atom stereocenters. The number of hydrogen-bond donors (Lipinski definition) is 1. The molecule has 0 aliphatic rings. The Morgan fingerprint density at radius 3 is 2.72 bits per heavy atom. The van der Waals surface area contributed by atoms with E-state index in [1.165, 1.54) is 4.88 Å². The third-order valence-corrected chi connectivity index (χ3v) is 3.94. The summed E-state index contributed by atoms with van der Waals surface area (Å²) in [4.78, 5) is 3.29. The van der Waals surface area contributed by atoms with Gasteiger partial charge in [0.1, 0.15) is 6.07 Å². The minimum absolute atomic E-state index is 0.111. The van der Waals surface area contributed by atoms with E-state index in [-0.39, 0.29) is 6.04 Å². The molecular weight excluding hydrogens is 242 g/mol. The zero-order chi connectivity index (χ0) is 13.0. The minimum Gasteiger partial charge on any atom is -0.364 e. The average Bonchev–Trinajstić information content (AvgIpc) is 2.93. The van der Waals surface area contributed by atoms with Crippen LogP contribution >= 0.6 is 11.3 Å². The van der Waals surface area contributed by atoms with Crippen LogP contribution in [0.5, 0.6) is 0 Å². The lowest BCUT2D eigenvalue weighted by Gasteiger charge is -2.29. The van der Waals surface area contributed by atoms with Crippen molar-refractivity contribution in [1.29, 1.82) is 5.26 Å². The molecule has 1 heterocycles. The van der Waals surface area contributed by atoms with Gasteiger partial charge in [0, 0.05) is 18.5 Å². The van der Waals surface area contributed by atoms with Gasteiger partial charge in [-0.1, -0.05) is 18.2 Å². The number of rotatable bonds is 4. The van der Waals surface area contributed by atoms with Crippen molar-refractivity contribution < 1.29 is 0 Å². The second-order valence-electron chi connectivity index (χ2n) is 4.01. The molecule has 2 aromatic rings. The highest BCUT2D eigenvalue weighted by Gasteiger charge is 2.18. The molecule has 0 spiro atoms. The van der Waals surface area contributed by atoms with E-state index in [9.17, 15) is 0 Å². The van der Waals surface area contributed by atoms with Gasteiger partial charge in [-0.15, -0.1) is 11.3 Å². The highest BCUT2D eigenvalue weighted by Crippen LogP contribution is 2.29. The van der Waals surface area contributed by atoms with Crippen molar-refractivity contribution >= 4 is 17.0 Å². The van der Waals surface area contributed by atoms with Crippen LogP contribution in [0, 0.1) is 11.3 Å². The summed E-state index contributed by atoms with van der Waals surface area (Å²) in [5.41, 5.74) is 7.47. The van der Waals surface area contributed by atoms with Crippen LogP contribution in [0.4, 0.5) is 5.69 Å². The first kappa shape index (κ1) is 12.6. The molecule has 0 aliphatic carbocycles. The van der Waals surface area contributed by atoms with Gasteiger partial charge in [0.15, 0.2) is 0 Å². The Balaban J connectivity index is 2.35. The van der Waals surface area contributed by atoms with Crippen LogP contribution in [0.2, 0.25) is 0 Å². The Labute approximate surface area is 111 Å². The standard InChI is InChI=1S/C14H15N3S/c1-17(12-6-3-2-5-11(12)9-15)13(10-16)14-7-4-8-18-14/h2-8,13H,10,16H2,1H3. The highest BCUT2D eigenvalue weighted by molar-refractivity contribution is 7.10. The summed E-state index contributed by atoms with van der Waals surface area (Å²) in [5.74, 6) is 0. The molecule has 18 heavy (non-hydrogen) atoms. The third-order valence-electron chi connectivity index (χ3n) is 2.97. The maximum absolute atomic E-state index is 9.15. The first-order valence-corrected chi connectivity index (χ1v) is 6.61. The Bertz CT molecular complexity index is 542. The van der Waals surface area contributed by atoms with Gasteiger partial charge in [0.05, 0.1) is 17.3 Å². The topological polar surface area (TPSA) is 53.0 Å². The van der Waals surface area contributed by atoms with Crippen molar-refractivity contribution in [1.82, 2.24) is 0 Å². The zero-order valence-electron chi connectivity index (χ0n) is 10.2. The van der Waals surface area contributed by atoms with Crippen LogP contribution in [0.25, 0.3) is 0 Å². The molecule has 1 aromatic heterocycles. The quantitative estimate of drug-likeness (QED) is 0.916. The number of nitriles is 1. The van der Waals surface area contributed by atoms with Gasteiger partial charge in [-0.3, -0.25) is 0 Å². The molecule has 3 nitrogen and oxygen atoms in total. The zero-order valence-corrected chi connectivity index (χ0v) is 11.0. The SMILES string of the molecule is CN(c1ccccc1C#N)C(CN)c1cccs1. The molecule has 1 aromatic carbocycles. The first-order chi connectivity index (χ1) is 8.77. The van der Waals surface area contributed by atoms with Crippen LogP contribution in [0.3, 0.4) is 0 Å². The fourth-order valence-corrected chi connectivity index (χ4v) is 2.87. The highest BCUT2D eigenvalue weighted by atomic mass is 32.1. The van der Waals surface area contributed by atoms with Gasteiger partial charge < -0.3 is 10.6 Å². The largest absolute Gasteiger partial charge is 0.364 e. The van der Waals surface area contributed by atoms with Gasteiger partial charge in [0.2, 0.25) is 0 Å².